The topological polar surface area (TPSA) is 93.7 Å². The van der Waals surface area contributed by atoms with Gasteiger partial charge in [0, 0.05) is 18.0 Å². The zero-order valence-electron chi connectivity index (χ0n) is 15.5. The van der Waals surface area contributed by atoms with Gasteiger partial charge in [0.05, 0.1) is 15.6 Å². The second kappa shape index (κ2) is 7.06. The van der Waals surface area contributed by atoms with Gasteiger partial charge < -0.3 is 9.73 Å². The van der Waals surface area contributed by atoms with Crippen molar-refractivity contribution in [2.45, 2.75) is 11.8 Å². The number of nitrogens with zero attached hydrogens (tertiary/aromatic N) is 2. The Morgan fingerprint density at radius 1 is 1.14 bits per heavy atom. The molecule has 3 heterocycles. The number of carbonyl (C=O) groups excluding carboxylic acids is 1. The predicted molar refractivity (Wildman–Crippen MR) is 110 cm³/mol. The molecule has 1 amide bonds. The molecule has 4 aromatic rings. The Labute approximate surface area is 171 Å². The summed E-state index contributed by atoms with van der Waals surface area (Å²) in [4.78, 5) is 17.3. The van der Waals surface area contributed by atoms with Crippen molar-refractivity contribution >= 4 is 38.8 Å². The van der Waals surface area contributed by atoms with Crippen LogP contribution >= 0.6 is 11.6 Å². The number of hydrogen-bond acceptors (Lipinski definition) is 5. The average molecular weight is 430 g/mol. The van der Waals surface area contributed by atoms with Crippen LogP contribution in [0.1, 0.15) is 16.2 Å². The summed E-state index contributed by atoms with van der Waals surface area (Å²) < 4.78 is 30.5. The minimum atomic E-state index is -3.28. The molecule has 4 rings (SSSR count). The molecule has 7 nitrogen and oxygen atoms in total. The van der Waals surface area contributed by atoms with E-state index in [2.05, 4.69) is 10.3 Å². The Morgan fingerprint density at radius 2 is 1.86 bits per heavy atom. The molecule has 3 aromatic heterocycles. The summed E-state index contributed by atoms with van der Waals surface area (Å²) in [6.07, 6.45) is 2.90. The number of benzene rings is 1. The third kappa shape index (κ3) is 3.64. The van der Waals surface area contributed by atoms with E-state index in [9.17, 15) is 13.2 Å². The van der Waals surface area contributed by atoms with E-state index in [1.807, 2.05) is 0 Å². The van der Waals surface area contributed by atoms with Crippen LogP contribution in [0, 0.1) is 6.92 Å². The van der Waals surface area contributed by atoms with E-state index >= 15 is 0 Å². The van der Waals surface area contributed by atoms with Crippen molar-refractivity contribution in [2.75, 3.05) is 11.6 Å². The summed E-state index contributed by atoms with van der Waals surface area (Å²) in [6, 6.07) is 13.0. The van der Waals surface area contributed by atoms with Gasteiger partial charge in [0.15, 0.2) is 21.2 Å². The van der Waals surface area contributed by atoms with Gasteiger partial charge in [0.25, 0.3) is 5.91 Å². The predicted octanol–water partition coefficient (Wildman–Crippen LogP) is 4.21. The normalized spacial score (nSPS) is 11.7. The van der Waals surface area contributed by atoms with Gasteiger partial charge in [0.1, 0.15) is 11.6 Å². The molecule has 0 aliphatic rings. The quantitative estimate of drug-likeness (QED) is 0.524. The van der Waals surface area contributed by atoms with Crippen LogP contribution in [0.3, 0.4) is 0 Å². The van der Waals surface area contributed by atoms with Crippen molar-refractivity contribution in [3.05, 3.63) is 71.2 Å². The Bertz CT molecular complexity index is 1340. The average Bonchev–Trinajstić information content (AvgIpc) is 3.28. The molecule has 0 saturated carbocycles. The van der Waals surface area contributed by atoms with Crippen LogP contribution in [0.2, 0.25) is 5.02 Å². The fraction of sp³-hybridized carbons (Fsp3) is 0.100. The number of pyridine rings is 1. The number of fused-ring (bicyclic) bond motifs is 1. The zero-order valence-corrected chi connectivity index (χ0v) is 17.1. The molecule has 0 aliphatic carbocycles. The molecule has 148 valence electrons. The maximum atomic E-state index is 12.7. The van der Waals surface area contributed by atoms with Gasteiger partial charge in [-0.1, -0.05) is 11.6 Å². The zero-order chi connectivity index (χ0) is 20.8. The van der Waals surface area contributed by atoms with Gasteiger partial charge in [-0.05, 0) is 55.5 Å². The number of anilines is 1. The minimum Gasteiger partial charge on any atom is -0.451 e. The number of hydrogen-bond donors (Lipinski definition) is 1. The van der Waals surface area contributed by atoms with Crippen LogP contribution in [-0.2, 0) is 9.84 Å². The number of carbonyl (C=O) groups is 1. The molecule has 0 bridgehead atoms. The van der Waals surface area contributed by atoms with E-state index in [0.717, 1.165) is 6.26 Å². The summed E-state index contributed by atoms with van der Waals surface area (Å²) in [7, 11) is -3.28. The second-order valence-corrected chi connectivity index (χ2v) is 8.93. The summed E-state index contributed by atoms with van der Waals surface area (Å²) in [6.45, 7) is 1.77. The van der Waals surface area contributed by atoms with Crippen molar-refractivity contribution in [1.82, 2.24) is 9.38 Å². The van der Waals surface area contributed by atoms with Gasteiger partial charge in [0.2, 0.25) is 0 Å². The highest BCUT2D eigenvalue weighted by Gasteiger charge is 2.18. The molecule has 0 saturated heterocycles. The fourth-order valence-corrected chi connectivity index (χ4v) is 3.79. The lowest BCUT2D eigenvalue weighted by atomic mass is 10.2. The van der Waals surface area contributed by atoms with Crippen LogP contribution < -0.4 is 5.32 Å². The Balaban J connectivity index is 1.60. The standard InChI is InChI=1S/C20H16ClN3O4S/c1-12-18(24-11-3-4-15(21)19(24)22-12)23-20(25)17-10-9-16(28-17)13-5-7-14(8-6-13)29(2,26)27/h3-11H,1-2H3,(H,23,25). The molecular formula is C20H16ClN3O4S. The number of furan rings is 1. The Kier molecular flexibility index (Phi) is 4.68. The summed E-state index contributed by atoms with van der Waals surface area (Å²) in [5, 5.41) is 3.28. The lowest BCUT2D eigenvalue weighted by Gasteiger charge is -2.05. The molecular weight excluding hydrogens is 414 g/mol. The molecule has 1 aromatic carbocycles. The smallest absolute Gasteiger partial charge is 0.292 e. The maximum absolute atomic E-state index is 12.7. The number of imidazole rings is 1. The van der Waals surface area contributed by atoms with E-state index in [-0.39, 0.29) is 10.7 Å². The van der Waals surface area contributed by atoms with Gasteiger partial charge >= 0.3 is 0 Å². The maximum Gasteiger partial charge on any atom is 0.292 e. The summed E-state index contributed by atoms with van der Waals surface area (Å²) in [5.41, 5.74) is 1.83. The highest BCUT2D eigenvalue weighted by Crippen LogP contribution is 2.26. The SMILES string of the molecule is Cc1nc2c(Cl)cccn2c1NC(=O)c1ccc(-c2ccc(S(C)(=O)=O)cc2)o1. The van der Waals surface area contributed by atoms with Crippen molar-refractivity contribution in [3.63, 3.8) is 0 Å². The largest absolute Gasteiger partial charge is 0.451 e. The van der Waals surface area contributed by atoms with Crippen LogP contribution in [0.15, 0.2) is 64.0 Å². The fourth-order valence-electron chi connectivity index (χ4n) is 2.95. The van der Waals surface area contributed by atoms with Crippen molar-refractivity contribution < 1.29 is 17.6 Å². The number of aromatic nitrogens is 2. The first kappa shape index (κ1) is 19.2. The monoisotopic (exact) mass is 429 g/mol. The number of aryl methyl sites for hydroxylation is 1. The first-order valence-electron chi connectivity index (χ1n) is 8.59. The van der Waals surface area contributed by atoms with Crippen LogP contribution in [0.4, 0.5) is 5.82 Å². The number of amides is 1. The van der Waals surface area contributed by atoms with E-state index in [1.54, 1.807) is 53.9 Å². The molecule has 1 N–H and O–H groups in total. The first-order valence-corrected chi connectivity index (χ1v) is 10.9. The number of sulfone groups is 1. The van der Waals surface area contributed by atoms with E-state index < -0.39 is 15.7 Å². The van der Waals surface area contributed by atoms with Crippen molar-refractivity contribution in [3.8, 4) is 11.3 Å². The van der Waals surface area contributed by atoms with E-state index in [1.165, 1.54) is 12.1 Å². The molecule has 0 unspecified atom stereocenters. The first-order chi connectivity index (χ1) is 13.7. The highest BCUT2D eigenvalue weighted by atomic mass is 35.5. The van der Waals surface area contributed by atoms with Crippen LogP contribution in [-0.4, -0.2) is 30.0 Å². The molecule has 0 fully saturated rings. The van der Waals surface area contributed by atoms with Crippen LogP contribution in [0.5, 0.6) is 0 Å². The van der Waals surface area contributed by atoms with E-state index in [0.29, 0.717) is 33.5 Å². The molecule has 0 atom stereocenters. The van der Waals surface area contributed by atoms with Gasteiger partial charge in [-0.3, -0.25) is 9.20 Å². The number of nitrogens with one attached hydrogen (secondary N) is 1. The minimum absolute atomic E-state index is 0.114. The molecule has 0 aliphatic heterocycles. The number of halogens is 1. The highest BCUT2D eigenvalue weighted by molar-refractivity contribution is 7.90. The molecule has 9 heteroatoms. The molecule has 29 heavy (non-hydrogen) atoms. The summed E-state index contributed by atoms with van der Waals surface area (Å²) in [5.74, 6) is 0.633. The third-order valence-electron chi connectivity index (χ3n) is 4.41. The molecule has 0 radical (unpaired) electrons. The Morgan fingerprint density at radius 3 is 2.55 bits per heavy atom. The summed E-state index contributed by atoms with van der Waals surface area (Å²) >= 11 is 6.15. The van der Waals surface area contributed by atoms with Crippen molar-refractivity contribution in [1.29, 1.82) is 0 Å². The lowest BCUT2D eigenvalue weighted by molar-refractivity contribution is 0.0997. The second-order valence-electron chi connectivity index (χ2n) is 6.51. The van der Waals surface area contributed by atoms with Gasteiger partial charge in [-0.2, -0.15) is 0 Å². The molecule has 0 spiro atoms. The number of rotatable bonds is 4. The Hall–Kier alpha value is -3.10. The van der Waals surface area contributed by atoms with Crippen molar-refractivity contribution in [2.24, 2.45) is 0 Å². The third-order valence-corrected chi connectivity index (χ3v) is 5.83. The van der Waals surface area contributed by atoms with Crippen LogP contribution in [0.25, 0.3) is 17.0 Å². The van der Waals surface area contributed by atoms with Gasteiger partial charge in [-0.15, -0.1) is 0 Å². The van der Waals surface area contributed by atoms with E-state index in [4.69, 9.17) is 16.0 Å². The lowest BCUT2D eigenvalue weighted by Crippen LogP contribution is -2.13. The van der Waals surface area contributed by atoms with Gasteiger partial charge in [-0.25, -0.2) is 13.4 Å².